The molecular weight excluding hydrogens is 233 g/mol. The van der Waals surface area contributed by atoms with Gasteiger partial charge in [0.15, 0.2) is 0 Å². The number of rotatable bonds is 5. The van der Waals surface area contributed by atoms with E-state index in [4.69, 9.17) is 4.74 Å². The van der Waals surface area contributed by atoms with Crippen molar-refractivity contribution in [2.24, 2.45) is 0 Å². The molecule has 0 bridgehead atoms. The molecule has 1 aromatic rings. The number of benzene rings is 1. The van der Waals surface area contributed by atoms with Gasteiger partial charge < -0.3 is 9.84 Å². The van der Waals surface area contributed by atoms with Crippen molar-refractivity contribution in [3.05, 3.63) is 29.8 Å². The summed E-state index contributed by atoms with van der Waals surface area (Å²) in [6.45, 7) is 1.63. The van der Waals surface area contributed by atoms with E-state index in [1.165, 1.54) is 0 Å². The van der Waals surface area contributed by atoms with E-state index < -0.39 is 18.7 Å². The molecule has 17 heavy (non-hydrogen) atoms. The van der Waals surface area contributed by atoms with Crippen LogP contribution in [-0.2, 0) is 0 Å². The summed E-state index contributed by atoms with van der Waals surface area (Å²) in [7, 11) is 0. The number of aliphatic hydroxyl groups excluding tert-OH is 1. The molecule has 1 unspecified atom stereocenters. The third kappa shape index (κ3) is 5.58. The molecule has 1 rings (SSSR count). The Morgan fingerprint density at radius 3 is 2.65 bits per heavy atom. The standard InChI is InChI=1S/C12H15F3O2/c1-9(16)10-4-2-5-11(8-10)17-7-3-6-12(13,14)15/h2,4-5,8-9,16H,3,6-7H2,1H3. The zero-order valence-electron chi connectivity index (χ0n) is 9.50. The van der Waals surface area contributed by atoms with Crippen LogP contribution in [0.25, 0.3) is 0 Å². The summed E-state index contributed by atoms with van der Waals surface area (Å²) in [5.41, 5.74) is 0.679. The fraction of sp³-hybridized carbons (Fsp3) is 0.500. The first-order valence-electron chi connectivity index (χ1n) is 5.36. The van der Waals surface area contributed by atoms with Crippen LogP contribution in [-0.4, -0.2) is 17.9 Å². The van der Waals surface area contributed by atoms with Crippen molar-refractivity contribution in [3.63, 3.8) is 0 Å². The van der Waals surface area contributed by atoms with Crippen molar-refractivity contribution in [2.75, 3.05) is 6.61 Å². The number of aliphatic hydroxyl groups is 1. The Morgan fingerprint density at radius 2 is 2.06 bits per heavy atom. The first-order valence-corrected chi connectivity index (χ1v) is 5.36. The van der Waals surface area contributed by atoms with E-state index in [-0.39, 0.29) is 13.0 Å². The topological polar surface area (TPSA) is 29.5 Å². The molecule has 1 N–H and O–H groups in total. The molecule has 1 aromatic carbocycles. The van der Waals surface area contributed by atoms with E-state index in [0.29, 0.717) is 11.3 Å². The number of hydrogen-bond donors (Lipinski definition) is 1. The van der Waals surface area contributed by atoms with Crippen molar-refractivity contribution in [3.8, 4) is 5.75 Å². The highest BCUT2D eigenvalue weighted by Crippen LogP contribution is 2.22. The van der Waals surface area contributed by atoms with Gasteiger partial charge in [0.05, 0.1) is 12.7 Å². The number of ether oxygens (including phenoxy) is 1. The summed E-state index contributed by atoms with van der Waals surface area (Å²) in [6.07, 6.45) is -5.66. The van der Waals surface area contributed by atoms with Gasteiger partial charge in [-0.3, -0.25) is 0 Å². The van der Waals surface area contributed by atoms with Gasteiger partial charge in [-0.05, 0) is 31.0 Å². The van der Waals surface area contributed by atoms with Crippen LogP contribution < -0.4 is 4.74 Å². The average Bonchev–Trinajstić information content (AvgIpc) is 2.23. The van der Waals surface area contributed by atoms with Crippen molar-refractivity contribution < 1.29 is 23.0 Å². The molecule has 0 saturated heterocycles. The lowest BCUT2D eigenvalue weighted by Crippen LogP contribution is -2.09. The fourth-order valence-corrected chi connectivity index (χ4v) is 1.33. The molecule has 1 atom stereocenters. The summed E-state index contributed by atoms with van der Waals surface area (Å²) < 4.78 is 40.8. The third-order valence-corrected chi connectivity index (χ3v) is 2.21. The van der Waals surface area contributed by atoms with E-state index in [1.54, 1.807) is 31.2 Å². The average molecular weight is 248 g/mol. The Labute approximate surface area is 98.0 Å². The smallest absolute Gasteiger partial charge is 0.389 e. The molecule has 5 heteroatoms. The molecule has 0 aromatic heterocycles. The van der Waals surface area contributed by atoms with Gasteiger partial charge in [-0.1, -0.05) is 12.1 Å². The van der Waals surface area contributed by atoms with Crippen molar-refractivity contribution in [1.29, 1.82) is 0 Å². The van der Waals surface area contributed by atoms with Gasteiger partial charge in [0.2, 0.25) is 0 Å². The van der Waals surface area contributed by atoms with Crippen LogP contribution >= 0.6 is 0 Å². The lowest BCUT2D eigenvalue weighted by Gasteiger charge is -2.10. The van der Waals surface area contributed by atoms with E-state index >= 15 is 0 Å². The largest absolute Gasteiger partial charge is 0.494 e. The highest BCUT2D eigenvalue weighted by atomic mass is 19.4. The molecular formula is C12H15F3O2. The van der Waals surface area contributed by atoms with Crippen molar-refractivity contribution in [1.82, 2.24) is 0 Å². The number of alkyl halides is 3. The minimum Gasteiger partial charge on any atom is -0.494 e. The molecule has 0 saturated carbocycles. The molecule has 0 amide bonds. The minimum atomic E-state index is -4.13. The van der Waals surface area contributed by atoms with E-state index in [9.17, 15) is 18.3 Å². The molecule has 2 nitrogen and oxygen atoms in total. The first kappa shape index (κ1) is 13.8. The quantitative estimate of drug-likeness (QED) is 0.808. The zero-order valence-corrected chi connectivity index (χ0v) is 9.50. The van der Waals surface area contributed by atoms with E-state index in [2.05, 4.69) is 0 Å². The van der Waals surface area contributed by atoms with Crippen LogP contribution in [0, 0.1) is 0 Å². The molecule has 0 spiro atoms. The molecule has 0 aliphatic carbocycles. The molecule has 0 heterocycles. The van der Waals surface area contributed by atoms with Crippen LogP contribution in [0.1, 0.15) is 31.4 Å². The molecule has 0 fully saturated rings. The zero-order chi connectivity index (χ0) is 12.9. The maximum absolute atomic E-state index is 11.9. The second kappa shape index (κ2) is 5.91. The summed E-state index contributed by atoms with van der Waals surface area (Å²) >= 11 is 0. The minimum absolute atomic E-state index is 0.0166. The van der Waals surface area contributed by atoms with Gasteiger partial charge in [-0.15, -0.1) is 0 Å². The van der Waals surface area contributed by atoms with Gasteiger partial charge in [0, 0.05) is 6.42 Å². The van der Waals surface area contributed by atoms with Gasteiger partial charge in [0.1, 0.15) is 5.75 Å². The highest BCUT2D eigenvalue weighted by Gasteiger charge is 2.26. The van der Waals surface area contributed by atoms with Gasteiger partial charge in [0.25, 0.3) is 0 Å². The summed E-state index contributed by atoms with van der Waals surface area (Å²) in [5, 5.41) is 9.32. The predicted molar refractivity (Wildman–Crippen MR) is 57.9 cm³/mol. The van der Waals surface area contributed by atoms with Crippen LogP contribution in [0.15, 0.2) is 24.3 Å². The second-order valence-electron chi connectivity index (χ2n) is 3.82. The van der Waals surface area contributed by atoms with Crippen LogP contribution in [0.4, 0.5) is 13.2 Å². The first-order chi connectivity index (χ1) is 7.88. The second-order valence-corrected chi connectivity index (χ2v) is 3.82. The Kier molecular flexibility index (Phi) is 4.81. The van der Waals surface area contributed by atoms with Gasteiger partial charge >= 0.3 is 6.18 Å². The van der Waals surface area contributed by atoms with Gasteiger partial charge in [-0.25, -0.2) is 0 Å². The number of hydrogen-bond acceptors (Lipinski definition) is 2. The molecule has 0 radical (unpaired) electrons. The van der Waals surface area contributed by atoms with Crippen LogP contribution in [0.2, 0.25) is 0 Å². The lowest BCUT2D eigenvalue weighted by atomic mass is 10.1. The highest BCUT2D eigenvalue weighted by molar-refractivity contribution is 5.29. The Bertz CT molecular complexity index is 348. The van der Waals surface area contributed by atoms with E-state index in [1.807, 2.05) is 0 Å². The van der Waals surface area contributed by atoms with Crippen LogP contribution in [0.5, 0.6) is 5.75 Å². The van der Waals surface area contributed by atoms with Crippen LogP contribution in [0.3, 0.4) is 0 Å². The summed E-state index contributed by atoms with van der Waals surface area (Å²) in [6, 6.07) is 6.70. The Morgan fingerprint density at radius 1 is 1.35 bits per heavy atom. The summed E-state index contributed by atoms with van der Waals surface area (Å²) in [4.78, 5) is 0. The molecule has 0 aliphatic heterocycles. The Hall–Kier alpha value is -1.23. The maximum atomic E-state index is 11.9. The molecule has 96 valence electrons. The summed E-state index contributed by atoms with van der Waals surface area (Å²) in [5.74, 6) is 0.477. The normalized spacial score (nSPS) is 13.5. The van der Waals surface area contributed by atoms with Crippen molar-refractivity contribution >= 4 is 0 Å². The molecule has 0 aliphatic rings. The lowest BCUT2D eigenvalue weighted by molar-refractivity contribution is -0.136. The Balaban J connectivity index is 2.39. The van der Waals surface area contributed by atoms with Gasteiger partial charge in [-0.2, -0.15) is 13.2 Å². The van der Waals surface area contributed by atoms with E-state index in [0.717, 1.165) is 0 Å². The third-order valence-electron chi connectivity index (χ3n) is 2.21. The fourth-order valence-electron chi connectivity index (χ4n) is 1.33. The number of halogens is 3. The maximum Gasteiger partial charge on any atom is 0.389 e. The SMILES string of the molecule is CC(O)c1cccc(OCCCC(F)(F)F)c1. The predicted octanol–water partition coefficient (Wildman–Crippen LogP) is 3.46. The van der Waals surface area contributed by atoms with Crippen molar-refractivity contribution in [2.45, 2.75) is 32.0 Å². The monoisotopic (exact) mass is 248 g/mol.